The average molecular weight is 543 g/mol. The Balaban J connectivity index is 1.18. The van der Waals surface area contributed by atoms with Crippen molar-refractivity contribution in [3.05, 3.63) is 102 Å². The summed E-state index contributed by atoms with van der Waals surface area (Å²) >= 11 is 0. The number of carbonyl (C=O) groups is 1. The second-order valence-electron chi connectivity index (χ2n) is 11.0. The number of hydrogen-bond donors (Lipinski definition) is 1. The highest BCUT2D eigenvalue weighted by atomic mass is 32.2. The van der Waals surface area contributed by atoms with E-state index in [0.717, 1.165) is 25.0 Å². The Bertz CT molecular complexity index is 1560. The van der Waals surface area contributed by atoms with Crippen LogP contribution in [0.15, 0.2) is 90.0 Å². The Morgan fingerprint density at radius 1 is 0.872 bits per heavy atom. The molecule has 7 nitrogen and oxygen atoms in total. The smallest absolute Gasteiger partial charge is 0.264 e. The van der Waals surface area contributed by atoms with E-state index in [-0.39, 0.29) is 16.2 Å². The number of amides is 1. The summed E-state index contributed by atoms with van der Waals surface area (Å²) in [5, 5.41) is 0.750. The maximum Gasteiger partial charge on any atom is 0.264 e. The van der Waals surface area contributed by atoms with Gasteiger partial charge in [-0.3, -0.25) is 19.4 Å². The van der Waals surface area contributed by atoms with E-state index in [1.54, 1.807) is 42.6 Å². The number of rotatable bonds is 6. The van der Waals surface area contributed by atoms with Crippen molar-refractivity contribution in [2.45, 2.75) is 37.6 Å². The number of benzene rings is 3. The van der Waals surface area contributed by atoms with Crippen LogP contribution in [-0.2, 0) is 22.0 Å². The molecule has 1 saturated heterocycles. The highest BCUT2D eigenvalue weighted by molar-refractivity contribution is 7.93. The van der Waals surface area contributed by atoms with Gasteiger partial charge in [0.15, 0.2) is 0 Å². The van der Waals surface area contributed by atoms with Crippen LogP contribution in [0, 0.1) is 0 Å². The molecule has 0 atom stereocenters. The minimum absolute atomic E-state index is 0.0446. The van der Waals surface area contributed by atoms with Crippen LogP contribution in [0.25, 0.3) is 10.9 Å². The lowest BCUT2D eigenvalue weighted by Crippen LogP contribution is -2.48. The zero-order chi connectivity index (χ0) is 27.6. The first-order valence-electron chi connectivity index (χ1n) is 13.2. The highest BCUT2D eigenvalue weighted by Crippen LogP contribution is 2.25. The minimum atomic E-state index is -3.85. The van der Waals surface area contributed by atoms with Gasteiger partial charge in [0.05, 0.1) is 5.52 Å². The van der Waals surface area contributed by atoms with Gasteiger partial charge >= 0.3 is 0 Å². The monoisotopic (exact) mass is 542 g/mol. The summed E-state index contributed by atoms with van der Waals surface area (Å²) in [4.78, 5) is 21.7. The molecule has 2 heterocycles. The van der Waals surface area contributed by atoms with Crippen molar-refractivity contribution in [3.63, 3.8) is 0 Å². The fourth-order valence-electron chi connectivity index (χ4n) is 4.84. The molecule has 202 valence electrons. The first kappa shape index (κ1) is 26.8. The third kappa shape index (κ3) is 6.13. The summed E-state index contributed by atoms with van der Waals surface area (Å²) in [6, 6.07) is 24.1. The summed E-state index contributed by atoms with van der Waals surface area (Å²) in [5.41, 5.74) is 4.09. The summed E-state index contributed by atoms with van der Waals surface area (Å²) in [6.07, 6.45) is 1.58. The molecule has 39 heavy (non-hydrogen) atoms. The molecule has 1 N–H and O–H groups in total. The maximum absolute atomic E-state index is 13.1. The Morgan fingerprint density at radius 2 is 1.54 bits per heavy atom. The largest absolute Gasteiger partial charge is 0.336 e. The second-order valence-corrected chi connectivity index (χ2v) is 12.7. The number of nitrogens with one attached hydrogen (secondary N) is 1. The number of pyridine rings is 1. The fourth-order valence-corrected chi connectivity index (χ4v) is 6.08. The van der Waals surface area contributed by atoms with E-state index in [1.807, 2.05) is 17.0 Å². The quantitative estimate of drug-likeness (QED) is 0.358. The van der Waals surface area contributed by atoms with Crippen molar-refractivity contribution >= 4 is 32.5 Å². The van der Waals surface area contributed by atoms with Crippen LogP contribution in [0.4, 0.5) is 5.69 Å². The molecule has 0 bridgehead atoms. The second kappa shape index (κ2) is 10.8. The van der Waals surface area contributed by atoms with E-state index in [9.17, 15) is 13.2 Å². The lowest BCUT2D eigenvalue weighted by atomic mass is 9.87. The molecule has 4 aromatic rings. The molecule has 1 aliphatic rings. The summed E-state index contributed by atoms with van der Waals surface area (Å²) < 4.78 is 28.8. The summed E-state index contributed by atoms with van der Waals surface area (Å²) in [7, 11) is -3.85. The third-order valence-corrected chi connectivity index (χ3v) is 8.57. The number of aromatic nitrogens is 1. The molecule has 3 aromatic carbocycles. The van der Waals surface area contributed by atoms with Gasteiger partial charge in [-0.15, -0.1) is 0 Å². The van der Waals surface area contributed by atoms with E-state index in [4.69, 9.17) is 0 Å². The number of anilines is 1. The molecular weight excluding hydrogens is 508 g/mol. The number of sulfonamides is 1. The Labute approximate surface area is 230 Å². The number of hydrogen-bond acceptors (Lipinski definition) is 5. The zero-order valence-electron chi connectivity index (χ0n) is 22.6. The van der Waals surface area contributed by atoms with Crippen LogP contribution >= 0.6 is 0 Å². The number of carbonyl (C=O) groups excluding carboxylic acids is 1. The van der Waals surface area contributed by atoms with Crippen molar-refractivity contribution in [3.8, 4) is 0 Å². The Hall–Kier alpha value is -3.75. The third-order valence-electron chi connectivity index (χ3n) is 7.15. The normalized spacial score (nSPS) is 14.9. The van der Waals surface area contributed by atoms with Crippen LogP contribution in [0.5, 0.6) is 0 Å². The van der Waals surface area contributed by atoms with Crippen LogP contribution in [0.3, 0.4) is 0 Å². The molecule has 0 aliphatic carbocycles. The van der Waals surface area contributed by atoms with Gasteiger partial charge in [0, 0.05) is 55.6 Å². The van der Waals surface area contributed by atoms with Crippen LogP contribution in [0.1, 0.15) is 42.3 Å². The molecule has 0 spiro atoms. The van der Waals surface area contributed by atoms with E-state index in [2.05, 4.69) is 59.6 Å². The summed E-state index contributed by atoms with van der Waals surface area (Å²) in [5.74, 6) is -0.0446. The van der Waals surface area contributed by atoms with Crippen LogP contribution in [0.2, 0.25) is 0 Å². The predicted octanol–water partition coefficient (Wildman–Crippen LogP) is 5.29. The molecule has 0 saturated carbocycles. The standard InChI is InChI=1S/C31H34N4O3S/c1-31(2,3)26-13-9-23(10-14-26)22-34-18-20-35(21-19-34)30(36)25-11-15-27(16-12-25)33-39(37,38)28-8-4-6-24-7-5-17-32-29(24)28/h4-17,33H,18-22H2,1-3H3. The van der Waals surface area contributed by atoms with Crippen LogP contribution < -0.4 is 4.72 Å². The predicted molar refractivity (Wildman–Crippen MR) is 155 cm³/mol. The molecule has 5 rings (SSSR count). The van der Waals surface area contributed by atoms with Gasteiger partial charge in [0.25, 0.3) is 15.9 Å². The highest BCUT2D eigenvalue weighted by Gasteiger charge is 2.23. The topological polar surface area (TPSA) is 82.6 Å². The molecule has 1 aliphatic heterocycles. The van der Waals surface area contributed by atoms with E-state index < -0.39 is 10.0 Å². The van der Waals surface area contributed by atoms with Crippen molar-refractivity contribution in [1.29, 1.82) is 0 Å². The number of nitrogens with zero attached hydrogens (tertiary/aromatic N) is 3. The van der Waals surface area contributed by atoms with Crippen molar-refractivity contribution in [2.24, 2.45) is 0 Å². The minimum Gasteiger partial charge on any atom is -0.336 e. The fraction of sp³-hybridized carbons (Fsp3) is 0.290. The van der Waals surface area contributed by atoms with Crippen molar-refractivity contribution in [1.82, 2.24) is 14.8 Å². The van der Waals surface area contributed by atoms with Gasteiger partial charge in [-0.05, 0) is 52.9 Å². The van der Waals surface area contributed by atoms with Gasteiger partial charge in [-0.1, -0.05) is 63.2 Å². The Kier molecular flexibility index (Phi) is 7.42. The van der Waals surface area contributed by atoms with Gasteiger partial charge in [0.1, 0.15) is 4.90 Å². The van der Waals surface area contributed by atoms with Gasteiger partial charge in [-0.2, -0.15) is 0 Å². The summed E-state index contributed by atoms with van der Waals surface area (Å²) in [6.45, 7) is 10.4. The van der Waals surface area contributed by atoms with Gasteiger partial charge in [0.2, 0.25) is 0 Å². The first-order chi connectivity index (χ1) is 18.6. The molecule has 1 aromatic heterocycles. The van der Waals surface area contributed by atoms with E-state index >= 15 is 0 Å². The number of fused-ring (bicyclic) bond motifs is 1. The van der Waals surface area contributed by atoms with Crippen molar-refractivity contribution < 1.29 is 13.2 Å². The van der Waals surface area contributed by atoms with E-state index in [1.165, 1.54) is 17.2 Å². The van der Waals surface area contributed by atoms with Crippen molar-refractivity contribution in [2.75, 3.05) is 30.9 Å². The Morgan fingerprint density at radius 3 is 2.21 bits per heavy atom. The van der Waals surface area contributed by atoms with Crippen LogP contribution in [-0.4, -0.2) is 55.3 Å². The van der Waals surface area contributed by atoms with Gasteiger partial charge in [-0.25, -0.2) is 8.42 Å². The van der Waals surface area contributed by atoms with E-state index in [0.29, 0.717) is 29.9 Å². The maximum atomic E-state index is 13.1. The molecule has 1 amide bonds. The molecule has 1 fully saturated rings. The molecule has 0 unspecified atom stereocenters. The molecule has 0 radical (unpaired) electrons. The zero-order valence-corrected chi connectivity index (χ0v) is 23.4. The number of para-hydroxylation sites is 1. The lowest BCUT2D eigenvalue weighted by Gasteiger charge is -2.35. The lowest BCUT2D eigenvalue weighted by molar-refractivity contribution is 0.0628. The first-order valence-corrected chi connectivity index (χ1v) is 14.7. The van der Waals surface area contributed by atoms with Gasteiger partial charge < -0.3 is 4.90 Å². The average Bonchev–Trinajstić information content (AvgIpc) is 2.93. The number of piperazine rings is 1. The molecular formula is C31H34N4O3S. The molecule has 8 heteroatoms. The SMILES string of the molecule is CC(C)(C)c1ccc(CN2CCN(C(=O)c3ccc(NS(=O)(=O)c4cccc5cccnc45)cc3)CC2)cc1.